The molecule has 0 radical (unpaired) electrons. The minimum atomic E-state index is 0.611. The molecular formula is C8H7N5. The monoisotopic (exact) mass is 173 g/mol. The summed E-state index contributed by atoms with van der Waals surface area (Å²) in [5, 5.41) is 8.64. The first kappa shape index (κ1) is 7.64. The van der Waals surface area contributed by atoms with Crippen molar-refractivity contribution < 1.29 is 0 Å². The molecule has 0 atom stereocenters. The molecule has 5 nitrogen and oxygen atoms in total. The van der Waals surface area contributed by atoms with Gasteiger partial charge < -0.3 is 0 Å². The quantitative estimate of drug-likeness (QED) is 0.371. The Kier molecular flexibility index (Phi) is 1.65. The summed E-state index contributed by atoms with van der Waals surface area (Å²) in [5.41, 5.74) is 9.81. The smallest absolute Gasteiger partial charge is 0.0774 e. The van der Waals surface area contributed by atoms with E-state index in [9.17, 15) is 0 Å². The molecule has 1 aromatic heterocycles. The number of para-hydroxylation sites is 1. The number of azide groups is 1. The standard InChI is InChI=1S/C8H7N5/c1-13-8-6(5-10-13)3-2-4-7(8)11-12-9/h2-5H,1H3. The van der Waals surface area contributed by atoms with Crippen LogP contribution in [-0.4, -0.2) is 9.78 Å². The molecule has 0 aliphatic carbocycles. The third-order valence-electron chi connectivity index (χ3n) is 1.89. The number of nitrogens with zero attached hydrogens (tertiary/aromatic N) is 5. The molecule has 5 heteroatoms. The third-order valence-corrected chi connectivity index (χ3v) is 1.89. The lowest BCUT2D eigenvalue weighted by Gasteiger charge is -1.97. The third kappa shape index (κ3) is 1.11. The molecule has 1 aromatic carbocycles. The lowest BCUT2D eigenvalue weighted by molar-refractivity contribution is 0.797. The van der Waals surface area contributed by atoms with Gasteiger partial charge in [-0.1, -0.05) is 23.3 Å². The van der Waals surface area contributed by atoms with Crippen LogP contribution in [-0.2, 0) is 7.05 Å². The predicted molar refractivity (Wildman–Crippen MR) is 49.5 cm³/mol. The van der Waals surface area contributed by atoms with Crippen molar-refractivity contribution in [1.29, 1.82) is 0 Å². The van der Waals surface area contributed by atoms with Crippen LogP contribution in [0, 0.1) is 0 Å². The highest BCUT2D eigenvalue weighted by Gasteiger charge is 2.02. The van der Waals surface area contributed by atoms with Gasteiger partial charge >= 0.3 is 0 Å². The first-order valence-electron chi connectivity index (χ1n) is 3.79. The van der Waals surface area contributed by atoms with Crippen molar-refractivity contribution >= 4 is 16.6 Å². The van der Waals surface area contributed by atoms with Crippen LogP contribution in [0.15, 0.2) is 29.5 Å². The Balaban J connectivity index is 2.87. The van der Waals surface area contributed by atoms with Gasteiger partial charge in [-0.2, -0.15) is 5.10 Å². The Labute approximate surface area is 74.2 Å². The molecule has 0 N–H and O–H groups in total. The lowest BCUT2D eigenvalue weighted by atomic mass is 10.2. The van der Waals surface area contributed by atoms with E-state index < -0.39 is 0 Å². The number of rotatable bonds is 1. The molecule has 0 unspecified atom stereocenters. The van der Waals surface area contributed by atoms with Crippen molar-refractivity contribution in [1.82, 2.24) is 9.78 Å². The summed E-state index contributed by atoms with van der Waals surface area (Å²) in [5.74, 6) is 0. The minimum absolute atomic E-state index is 0.611. The summed E-state index contributed by atoms with van der Waals surface area (Å²) >= 11 is 0. The summed E-state index contributed by atoms with van der Waals surface area (Å²) in [6.07, 6.45) is 1.74. The predicted octanol–water partition coefficient (Wildman–Crippen LogP) is 2.52. The van der Waals surface area contributed by atoms with Gasteiger partial charge in [0, 0.05) is 17.3 Å². The van der Waals surface area contributed by atoms with Crippen LogP contribution in [0.2, 0.25) is 0 Å². The van der Waals surface area contributed by atoms with E-state index in [1.165, 1.54) is 0 Å². The van der Waals surface area contributed by atoms with E-state index >= 15 is 0 Å². The molecule has 0 aliphatic heterocycles. The summed E-state index contributed by atoms with van der Waals surface area (Å²) in [7, 11) is 1.82. The highest BCUT2D eigenvalue weighted by molar-refractivity contribution is 5.88. The van der Waals surface area contributed by atoms with E-state index in [0.717, 1.165) is 10.9 Å². The van der Waals surface area contributed by atoms with Crippen molar-refractivity contribution in [3.8, 4) is 0 Å². The molecule has 0 fully saturated rings. The van der Waals surface area contributed by atoms with Gasteiger partial charge in [0.2, 0.25) is 0 Å². The van der Waals surface area contributed by atoms with Crippen molar-refractivity contribution in [3.05, 3.63) is 34.8 Å². The zero-order valence-corrected chi connectivity index (χ0v) is 7.05. The average Bonchev–Trinajstić information content (AvgIpc) is 2.50. The Morgan fingerprint density at radius 1 is 1.54 bits per heavy atom. The Bertz CT molecular complexity index is 492. The fraction of sp³-hybridized carbons (Fsp3) is 0.125. The summed E-state index contributed by atoms with van der Waals surface area (Å²) in [6.45, 7) is 0. The normalized spacial score (nSPS) is 9.92. The molecule has 0 bridgehead atoms. The van der Waals surface area contributed by atoms with E-state index in [4.69, 9.17) is 5.53 Å². The fourth-order valence-corrected chi connectivity index (χ4v) is 1.34. The highest BCUT2D eigenvalue weighted by Crippen LogP contribution is 2.24. The van der Waals surface area contributed by atoms with Crippen LogP contribution in [0.3, 0.4) is 0 Å². The molecular weight excluding hydrogens is 166 g/mol. The van der Waals surface area contributed by atoms with Gasteiger partial charge in [0.1, 0.15) is 0 Å². The van der Waals surface area contributed by atoms with Crippen LogP contribution >= 0.6 is 0 Å². The number of aryl methyl sites for hydroxylation is 1. The van der Waals surface area contributed by atoms with E-state index in [-0.39, 0.29) is 0 Å². The summed E-state index contributed by atoms with van der Waals surface area (Å²) < 4.78 is 1.69. The Morgan fingerprint density at radius 2 is 2.38 bits per heavy atom. The fourth-order valence-electron chi connectivity index (χ4n) is 1.34. The molecule has 1 heterocycles. The molecule has 0 saturated heterocycles. The van der Waals surface area contributed by atoms with Crippen LogP contribution in [0.1, 0.15) is 0 Å². The number of benzene rings is 1. The van der Waals surface area contributed by atoms with Gasteiger partial charge in [0.25, 0.3) is 0 Å². The summed E-state index contributed by atoms with van der Waals surface area (Å²) in [6, 6.07) is 5.54. The average molecular weight is 173 g/mol. The maximum atomic E-state index is 8.34. The number of hydrogen-bond donors (Lipinski definition) is 0. The van der Waals surface area contributed by atoms with Crippen LogP contribution < -0.4 is 0 Å². The molecule has 13 heavy (non-hydrogen) atoms. The minimum Gasteiger partial charge on any atom is -0.267 e. The van der Waals surface area contributed by atoms with Gasteiger partial charge in [0.05, 0.1) is 17.4 Å². The SMILES string of the molecule is Cn1ncc2cccc(N=[N+]=[N-])c21. The number of hydrogen-bond acceptors (Lipinski definition) is 2. The molecule has 0 saturated carbocycles. The second-order valence-corrected chi connectivity index (χ2v) is 2.67. The van der Waals surface area contributed by atoms with Gasteiger partial charge in [0.15, 0.2) is 0 Å². The summed E-state index contributed by atoms with van der Waals surface area (Å²) in [4.78, 5) is 2.76. The van der Waals surface area contributed by atoms with Crippen molar-refractivity contribution in [2.45, 2.75) is 0 Å². The Morgan fingerprint density at radius 3 is 3.15 bits per heavy atom. The largest absolute Gasteiger partial charge is 0.267 e. The lowest BCUT2D eigenvalue weighted by Crippen LogP contribution is -1.88. The van der Waals surface area contributed by atoms with Gasteiger partial charge in [-0.15, -0.1) is 0 Å². The molecule has 0 amide bonds. The highest BCUT2D eigenvalue weighted by atomic mass is 15.3. The Hall–Kier alpha value is -2.00. The van der Waals surface area contributed by atoms with E-state index in [1.54, 1.807) is 16.9 Å². The van der Waals surface area contributed by atoms with Crippen molar-refractivity contribution in [2.75, 3.05) is 0 Å². The van der Waals surface area contributed by atoms with Crippen LogP contribution in [0.4, 0.5) is 5.69 Å². The maximum absolute atomic E-state index is 8.34. The van der Waals surface area contributed by atoms with Crippen molar-refractivity contribution in [3.63, 3.8) is 0 Å². The van der Waals surface area contributed by atoms with Crippen LogP contribution in [0.25, 0.3) is 21.3 Å². The first-order valence-corrected chi connectivity index (χ1v) is 3.79. The number of fused-ring (bicyclic) bond motifs is 1. The zero-order chi connectivity index (χ0) is 9.26. The topological polar surface area (TPSA) is 66.6 Å². The van der Waals surface area contributed by atoms with Crippen LogP contribution in [0.5, 0.6) is 0 Å². The van der Waals surface area contributed by atoms with Gasteiger partial charge in [-0.3, -0.25) is 4.68 Å². The molecule has 0 aliphatic rings. The molecule has 64 valence electrons. The van der Waals surface area contributed by atoms with E-state index in [2.05, 4.69) is 15.1 Å². The van der Waals surface area contributed by atoms with E-state index in [0.29, 0.717) is 5.69 Å². The van der Waals surface area contributed by atoms with Crippen molar-refractivity contribution in [2.24, 2.45) is 12.2 Å². The first-order chi connectivity index (χ1) is 6.33. The molecule has 2 rings (SSSR count). The van der Waals surface area contributed by atoms with E-state index in [1.807, 2.05) is 19.2 Å². The second kappa shape index (κ2) is 2.80. The molecule has 2 aromatic rings. The zero-order valence-electron chi connectivity index (χ0n) is 7.05. The van der Waals surface area contributed by atoms with Gasteiger partial charge in [-0.05, 0) is 5.53 Å². The maximum Gasteiger partial charge on any atom is 0.0774 e. The van der Waals surface area contributed by atoms with Gasteiger partial charge in [-0.25, -0.2) is 0 Å². The molecule has 0 spiro atoms. The number of aromatic nitrogens is 2. The second-order valence-electron chi connectivity index (χ2n) is 2.67.